The third-order valence-electron chi connectivity index (χ3n) is 4.42. The molecule has 0 bridgehead atoms. The number of hydrogen-bond donors (Lipinski definition) is 3. The molecule has 1 aromatic carbocycles. The second-order valence-corrected chi connectivity index (χ2v) is 6.88. The molecule has 0 aromatic heterocycles. The summed E-state index contributed by atoms with van der Waals surface area (Å²) >= 11 is 3.47. The summed E-state index contributed by atoms with van der Waals surface area (Å²) < 4.78 is 0.885. The molecule has 2 rings (SSSR count). The SMILES string of the molecule is Cc1ccc(NC(=O)[C@H](C)[NH+]2CCC(C(N)=O)CC2)c(Br)c1. The van der Waals surface area contributed by atoms with Gasteiger partial charge in [0.15, 0.2) is 6.04 Å². The van der Waals surface area contributed by atoms with Gasteiger partial charge in [-0.1, -0.05) is 6.07 Å². The number of primary amides is 1. The number of anilines is 1. The number of hydrogen-bond acceptors (Lipinski definition) is 2. The van der Waals surface area contributed by atoms with E-state index in [2.05, 4.69) is 21.2 Å². The van der Waals surface area contributed by atoms with Crippen LogP contribution in [0.3, 0.4) is 0 Å². The van der Waals surface area contributed by atoms with Crippen molar-refractivity contribution in [2.24, 2.45) is 11.7 Å². The van der Waals surface area contributed by atoms with E-state index in [0.29, 0.717) is 0 Å². The Balaban J connectivity index is 1.94. The van der Waals surface area contributed by atoms with E-state index in [1.54, 1.807) is 0 Å². The predicted octanol–water partition coefficient (Wildman–Crippen LogP) is 0.865. The van der Waals surface area contributed by atoms with E-state index < -0.39 is 0 Å². The second-order valence-electron chi connectivity index (χ2n) is 6.03. The third kappa shape index (κ3) is 4.08. The number of amides is 2. The number of nitrogens with two attached hydrogens (primary N) is 1. The molecule has 0 saturated carbocycles. The zero-order chi connectivity index (χ0) is 16.3. The number of carbonyl (C=O) groups excluding carboxylic acids is 2. The number of halogens is 1. The number of carbonyl (C=O) groups is 2. The predicted molar refractivity (Wildman–Crippen MR) is 89.6 cm³/mol. The molecule has 5 nitrogen and oxygen atoms in total. The Bertz CT molecular complexity index is 569. The van der Waals surface area contributed by atoms with E-state index in [4.69, 9.17) is 5.73 Å². The van der Waals surface area contributed by atoms with Crippen molar-refractivity contribution in [3.8, 4) is 0 Å². The fourth-order valence-electron chi connectivity index (χ4n) is 2.85. The highest BCUT2D eigenvalue weighted by Crippen LogP contribution is 2.23. The lowest BCUT2D eigenvalue weighted by atomic mass is 9.95. The number of quaternary nitrogens is 1. The van der Waals surface area contributed by atoms with Crippen molar-refractivity contribution in [3.05, 3.63) is 28.2 Å². The quantitative estimate of drug-likeness (QED) is 0.737. The average molecular weight is 369 g/mol. The number of aryl methyl sites for hydroxylation is 1. The van der Waals surface area contributed by atoms with E-state index in [0.717, 1.165) is 41.7 Å². The van der Waals surface area contributed by atoms with E-state index >= 15 is 0 Å². The summed E-state index contributed by atoms with van der Waals surface area (Å²) in [5.74, 6) is -0.262. The van der Waals surface area contributed by atoms with Crippen molar-refractivity contribution in [2.45, 2.75) is 32.7 Å². The molecular formula is C16H23BrN3O2+. The Kier molecular flexibility index (Phi) is 5.58. The van der Waals surface area contributed by atoms with Crippen molar-refractivity contribution >= 4 is 33.4 Å². The third-order valence-corrected chi connectivity index (χ3v) is 5.07. The maximum absolute atomic E-state index is 12.4. The van der Waals surface area contributed by atoms with Crippen LogP contribution in [0, 0.1) is 12.8 Å². The molecule has 1 atom stereocenters. The van der Waals surface area contributed by atoms with Gasteiger partial charge >= 0.3 is 0 Å². The molecule has 0 spiro atoms. The van der Waals surface area contributed by atoms with Gasteiger partial charge in [0.25, 0.3) is 5.91 Å². The minimum absolute atomic E-state index is 0.00271. The second kappa shape index (κ2) is 7.24. The minimum atomic E-state index is -0.222. The van der Waals surface area contributed by atoms with Crippen LogP contribution in [-0.4, -0.2) is 30.9 Å². The highest BCUT2D eigenvalue weighted by Gasteiger charge is 2.32. The molecule has 0 radical (unpaired) electrons. The topological polar surface area (TPSA) is 76.6 Å². The molecule has 0 unspecified atom stereocenters. The van der Waals surface area contributed by atoms with E-state index in [1.807, 2.05) is 32.0 Å². The van der Waals surface area contributed by atoms with Crippen LogP contribution >= 0.6 is 15.9 Å². The first-order chi connectivity index (χ1) is 10.4. The molecular weight excluding hydrogens is 346 g/mol. The number of likely N-dealkylation sites (tertiary alicyclic amines) is 1. The Hall–Kier alpha value is -1.40. The maximum Gasteiger partial charge on any atom is 0.282 e. The normalized spacial score (nSPS) is 22.9. The Morgan fingerprint density at radius 2 is 2.00 bits per heavy atom. The average Bonchev–Trinajstić information content (AvgIpc) is 2.49. The fourth-order valence-corrected chi connectivity index (χ4v) is 3.45. The number of benzene rings is 1. The molecule has 1 aromatic rings. The van der Waals surface area contributed by atoms with Gasteiger partial charge in [-0.3, -0.25) is 9.59 Å². The van der Waals surface area contributed by atoms with E-state index in [1.165, 1.54) is 4.90 Å². The largest absolute Gasteiger partial charge is 0.369 e. The summed E-state index contributed by atoms with van der Waals surface area (Å²) in [5.41, 5.74) is 7.27. The molecule has 0 aliphatic carbocycles. The minimum Gasteiger partial charge on any atom is -0.369 e. The highest BCUT2D eigenvalue weighted by molar-refractivity contribution is 9.10. The molecule has 1 saturated heterocycles. The van der Waals surface area contributed by atoms with Gasteiger partial charge in [-0.05, 0) is 47.5 Å². The van der Waals surface area contributed by atoms with Gasteiger partial charge in [-0.15, -0.1) is 0 Å². The van der Waals surface area contributed by atoms with Crippen LogP contribution in [0.25, 0.3) is 0 Å². The molecule has 2 amide bonds. The molecule has 120 valence electrons. The number of piperidine rings is 1. The first-order valence-corrected chi connectivity index (χ1v) is 8.38. The molecule has 22 heavy (non-hydrogen) atoms. The zero-order valence-electron chi connectivity index (χ0n) is 13.0. The summed E-state index contributed by atoms with van der Waals surface area (Å²) in [4.78, 5) is 24.8. The molecule has 1 fully saturated rings. The summed E-state index contributed by atoms with van der Waals surface area (Å²) in [6.07, 6.45) is 1.52. The van der Waals surface area contributed by atoms with Gasteiger partial charge < -0.3 is 16.0 Å². The van der Waals surface area contributed by atoms with Gasteiger partial charge in [0.2, 0.25) is 5.91 Å². The zero-order valence-corrected chi connectivity index (χ0v) is 14.6. The first-order valence-electron chi connectivity index (χ1n) is 7.59. The molecule has 1 aliphatic rings. The molecule has 4 N–H and O–H groups in total. The standard InChI is InChI=1S/C16H22BrN3O2/c1-10-3-4-14(13(17)9-10)19-16(22)11(2)20-7-5-12(6-8-20)15(18)21/h3-4,9,11-12H,5-8H2,1-2H3,(H2,18,21)(H,19,22)/p+1/t11-/m0/s1. The van der Waals surface area contributed by atoms with Crippen molar-refractivity contribution in [3.63, 3.8) is 0 Å². The Morgan fingerprint density at radius 1 is 1.36 bits per heavy atom. The van der Waals surface area contributed by atoms with Crippen LogP contribution in [0.2, 0.25) is 0 Å². The lowest BCUT2D eigenvalue weighted by Gasteiger charge is -2.31. The van der Waals surface area contributed by atoms with Crippen LogP contribution in [-0.2, 0) is 9.59 Å². The summed E-state index contributed by atoms with van der Waals surface area (Å²) in [6, 6.07) is 5.70. The lowest BCUT2D eigenvalue weighted by Crippen LogP contribution is -3.17. The lowest BCUT2D eigenvalue weighted by molar-refractivity contribution is -0.919. The maximum atomic E-state index is 12.4. The van der Waals surface area contributed by atoms with Gasteiger partial charge in [0.1, 0.15) is 0 Å². The molecule has 6 heteroatoms. The van der Waals surface area contributed by atoms with Crippen LogP contribution in [0.4, 0.5) is 5.69 Å². The van der Waals surface area contributed by atoms with Crippen LogP contribution in [0.1, 0.15) is 25.3 Å². The van der Waals surface area contributed by atoms with Gasteiger partial charge in [0, 0.05) is 23.2 Å². The summed E-state index contributed by atoms with van der Waals surface area (Å²) in [6.45, 7) is 5.54. The fraction of sp³-hybridized carbons (Fsp3) is 0.500. The van der Waals surface area contributed by atoms with Crippen LogP contribution in [0.5, 0.6) is 0 Å². The van der Waals surface area contributed by atoms with E-state index in [-0.39, 0.29) is 23.8 Å². The first kappa shape index (κ1) is 17.0. The van der Waals surface area contributed by atoms with Crippen molar-refractivity contribution in [1.29, 1.82) is 0 Å². The molecule has 1 heterocycles. The highest BCUT2D eigenvalue weighted by atomic mass is 79.9. The number of rotatable bonds is 4. The van der Waals surface area contributed by atoms with Crippen molar-refractivity contribution in [1.82, 2.24) is 0 Å². The Labute approximate surface area is 139 Å². The van der Waals surface area contributed by atoms with Gasteiger partial charge in [-0.25, -0.2) is 0 Å². The van der Waals surface area contributed by atoms with E-state index in [9.17, 15) is 9.59 Å². The van der Waals surface area contributed by atoms with Gasteiger partial charge in [-0.2, -0.15) is 0 Å². The van der Waals surface area contributed by atoms with Crippen LogP contribution < -0.4 is 16.0 Å². The van der Waals surface area contributed by atoms with Gasteiger partial charge in [0.05, 0.1) is 18.8 Å². The van der Waals surface area contributed by atoms with Crippen molar-refractivity contribution in [2.75, 3.05) is 18.4 Å². The number of nitrogens with one attached hydrogen (secondary N) is 2. The van der Waals surface area contributed by atoms with Crippen LogP contribution in [0.15, 0.2) is 22.7 Å². The monoisotopic (exact) mass is 368 g/mol. The smallest absolute Gasteiger partial charge is 0.282 e. The molecule has 1 aliphatic heterocycles. The van der Waals surface area contributed by atoms with Crippen molar-refractivity contribution < 1.29 is 14.5 Å². The summed E-state index contributed by atoms with van der Waals surface area (Å²) in [5, 5.41) is 2.97. The summed E-state index contributed by atoms with van der Waals surface area (Å²) in [7, 11) is 0. The Morgan fingerprint density at radius 3 is 2.55 bits per heavy atom.